The van der Waals surface area contributed by atoms with E-state index in [2.05, 4.69) is 31.9 Å². The minimum absolute atomic E-state index is 0.0717. The third-order valence-electron chi connectivity index (χ3n) is 2.50. The molecule has 0 amide bonds. The van der Waals surface area contributed by atoms with Crippen molar-refractivity contribution in [2.24, 2.45) is 0 Å². The van der Waals surface area contributed by atoms with Gasteiger partial charge in [0.15, 0.2) is 5.75 Å². The summed E-state index contributed by atoms with van der Waals surface area (Å²) in [4.78, 5) is 10.3. The van der Waals surface area contributed by atoms with Crippen LogP contribution in [0.25, 0.3) is 0 Å². The molecular formula is C13H8Br2ClNO3. The van der Waals surface area contributed by atoms with Crippen molar-refractivity contribution < 1.29 is 9.66 Å². The number of rotatable bonds is 4. The van der Waals surface area contributed by atoms with E-state index < -0.39 is 4.92 Å². The van der Waals surface area contributed by atoms with Crippen LogP contribution < -0.4 is 4.74 Å². The summed E-state index contributed by atoms with van der Waals surface area (Å²) in [6, 6.07) is 9.63. The van der Waals surface area contributed by atoms with Gasteiger partial charge in [-0.05, 0) is 39.7 Å². The molecule has 0 radical (unpaired) electrons. The van der Waals surface area contributed by atoms with E-state index in [1.54, 1.807) is 6.07 Å². The van der Waals surface area contributed by atoms with Gasteiger partial charge in [0.05, 0.1) is 20.5 Å². The third kappa shape index (κ3) is 3.50. The average molecular weight is 421 g/mol. The van der Waals surface area contributed by atoms with Crippen molar-refractivity contribution in [3.8, 4) is 11.5 Å². The Hall–Kier alpha value is -1.11. The van der Waals surface area contributed by atoms with Gasteiger partial charge in [0.2, 0.25) is 0 Å². The Morgan fingerprint density at radius 2 is 1.95 bits per heavy atom. The molecule has 7 heteroatoms. The molecule has 0 spiro atoms. The van der Waals surface area contributed by atoms with Crippen LogP contribution >= 0.6 is 43.5 Å². The highest BCUT2D eigenvalue weighted by atomic mass is 79.9. The number of non-ortho nitro benzene ring substituents is 1. The Kier molecular flexibility index (Phi) is 5.01. The van der Waals surface area contributed by atoms with E-state index in [4.69, 9.17) is 16.3 Å². The lowest BCUT2D eigenvalue weighted by molar-refractivity contribution is -0.384. The lowest BCUT2D eigenvalue weighted by Gasteiger charge is -2.10. The maximum atomic E-state index is 10.8. The fourth-order valence-corrected chi connectivity index (χ4v) is 2.52. The molecule has 0 fully saturated rings. The predicted molar refractivity (Wildman–Crippen MR) is 85.0 cm³/mol. The number of alkyl halides is 1. The molecule has 104 valence electrons. The van der Waals surface area contributed by atoms with Gasteiger partial charge in [0.25, 0.3) is 5.69 Å². The van der Waals surface area contributed by atoms with Crippen molar-refractivity contribution in [3.63, 3.8) is 0 Å². The van der Waals surface area contributed by atoms with Crippen LogP contribution in [-0.4, -0.2) is 4.92 Å². The number of nitro groups is 1. The molecule has 0 aliphatic carbocycles. The summed E-state index contributed by atoms with van der Waals surface area (Å²) in [5.74, 6) is 0.783. The molecule has 0 unspecified atom stereocenters. The fraction of sp³-hybridized carbons (Fsp3) is 0.0769. The molecule has 2 rings (SSSR count). The summed E-state index contributed by atoms with van der Waals surface area (Å²) in [6.07, 6.45) is 0. The molecule has 0 aliphatic rings. The van der Waals surface area contributed by atoms with E-state index >= 15 is 0 Å². The second-order valence-electron chi connectivity index (χ2n) is 3.87. The highest BCUT2D eigenvalue weighted by Gasteiger charge is 2.13. The Bertz CT molecular complexity index is 664. The largest absolute Gasteiger partial charge is 0.454 e. The van der Waals surface area contributed by atoms with Crippen LogP contribution in [-0.2, 0) is 5.33 Å². The van der Waals surface area contributed by atoms with Crippen LogP contribution in [0.4, 0.5) is 5.69 Å². The first-order valence-corrected chi connectivity index (χ1v) is 7.76. The molecule has 0 aromatic heterocycles. The number of halogens is 3. The lowest BCUT2D eigenvalue weighted by Crippen LogP contribution is -1.91. The summed E-state index contributed by atoms with van der Waals surface area (Å²) >= 11 is 12.7. The van der Waals surface area contributed by atoms with Gasteiger partial charge in [-0.15, -0.1) is 0 Å². The zero-order chi connectivity index (χ0) is 14.7. The smallest absolute Gasteiger partial charge is 0.273 e. The Morgan fingerprint density at radius 1 is 1.20 bits per heavy atom. The van der Waals surface area contributed by atoms with Crippen molar-refractivity contribution in [3.05, 3.63) is 61.6 Å². The zero-order valence-corrected chi connectivity index (χ0v) is 13.9. The molecular weight excluding hydrogens is 413 g/mol. The average Bonchev–Trinajstić information content (AvgIpc) is 2.42. The zero-order valence-electron chi connectivity index (χ0n) is 9.98. The van der Waals surface area contributed by atoms with Gasteiger partial charge in [0.1, 0.15) is 5.75 Å². The van der Waals surface area contributed by atoms with Crippen molar-refractivity contribution in [1.29, 1.82) is 0 Å². The standard InChI is InChI=1S/C13H8Br2ClNO3/c14-7-8-1-4-12(10(15)5-8)20-13-6-9(17(18)19)2-3-11(13)16/h1-6H,7H2. The van der Waals surface area contributed by atoms with Gasteiger partial charge in [-0.2, -0.15) is 0 Å². The summed E-state index contributed by atoms with van der Waals surface area (Å²) in [5.41, 5.74) is 1.01. The van der Waals surface area contributed by atoms with Gasteiger partial charge in [-0.3, -0.25) is 10.1 Å². The van der Waals surface area contributed by atoms with Crippen LogP contribution in [0, 0.1) is 10.1 Å². The second-order valence-corrected chi connectivity index (χ2v) is 5.69. The van der Waals surface area contributed by atoms with Gasteiger partial charge < -0.3 is 4.74 Å². The van der Waals surface area contributed by atoms with Gasteiger partial charge in [-0.25, -0.2) is 0 Å². The first-order valence-electron chi connectivity index (χ1n) is 5.47. The maximum Gasteiger partial charge on any atom is 0.273 e. The summed E-state index contributed by atoms with van der Waals surface area (Å²) in [5, 5.41) is 11.8. The van der Waals surface area contributed by atoms with Gasteiger partial charge >= 0.3 is 0 Å². The number of nitro benzene ring substituents is 1. The SMILES string of the molecule is O=[N+]([O-])c1ccc(Cl)c(Oc2ccc(CBr)cc2Br)c1. The number of hydrogen-bond acceptors (Lipinski definition) is 3. The van der Waals surface area contributed by atoms with Crippen LogP contribution in [0.15, 0.2) is 40.9 Å². The highest BCUT2D eigenvalue weighted by Crippen LogP contribution is 2.36. The van der Waals surface area contributed by atoms with E-state index in [-0.39, 0.29) is 11.4 Å². The van der Waals surface area contributed by atoms with E-state index in [0.29, 0.717) is 10.8 Å². The molecule has 0 N–H and O–H groups in total. The monoisotopic (exact) mass is 419 g/mol. The summed E-state index contributed by atoms with van der Waals surface area (Å²) in [7, 11) is 0. The van der Waals surface area contributed by atoms with E-state index in [1.807, 2.05) is 12.1 Å². The second kappa shape index (κ2) is 6.56. The normalized spacial score (nSPS) is 10.3. The van der Waals surface area contributed by atoms with Gasteiger partial charge in [-0.1, -0.05) is 33.6 Å². The van der Waals surface area contributed by atoms with E-state index in [0.717, 1.165) is 15.4 Å². The molecule has 2 aromatic rings. The third-order valence-corrected chi connectivity index (χ3v) is 4.08. The van der Waals surface area contributed by atoms with Gasteiger partial charge in [0, 0.05) is 11.4 Å². The molecule has 2 aromatic carbocycles. The number of nitrogens with zero attached hydrogens (tertiary/aromatic N) is 1. The van der Waals surface area contributed by atoms with Crippen LogP contribution in [0.1, 0.15) is 5.56 Å². The molecule has 0 aliphatic heterocycles. The van der Waals surface area contributed by atoms with E-state index in [1.165, 1.54) is 18.2 Å². The van der Waals surface area contributed by atoms with Crippen molar-refractivity contribution in [2.75, 3.05) is 0 Å². The Labute approximate surface area is 137 Å². The molecule has 0 bridgehead atoms. The minimum atomic E-state index is -0.494. The van der Waals surface area contributed by atoms with Crippen LogP contribution in [0.2, 0.25) is 5.02 Å². The molecule has 4 nitrogen and oxygen atoms in total. The van der Waals surface area contributed by atoms with E-state index in [9.17, 15) is 10.1 Å². The molecule has 0 heterocycles. The summed E-state index contributed by atoms with van der Waals surface area (Å²) < 4.78 is 6.38. The molecule has 0 saturated carbocycles. The quantitative estimate of drug-likeness (QED) is 0.362. The topological polar surface area (TPSA) is 52.4 Å². The highest BCUT2D eigenvalue weighted by molar-refractivity contribution is 9.10. The number of benzene rings is 2. The Morgan fingerprint density at radius 3 is 2.55 bits per heavy atom. The van der Waals surface area contributed by atoms with Crippen molar-refractivity contribution in [1.82, 2.24) is 0 Å². The fourth-order valence-electron chi connectivity index (χ4n) is 1.51. The number of ether oxygens (including phenoxy) is 1. The molecule has 20 heavy (non-hydrogen) atoms. The Balaban J connectivity index is 2.34. The molecule has 0 atom stereocenters. The predicted octanol–water partition coefficient (Wildman–Crippen LogP) is 5.70. The lowest BCUT2D eigenvalue weighted by atomic mass is 10.2. The summed E-state index contributed by atoms with van der Waals surface area (Å²) in [6.45, 7) is 0. The van der Waals surface area contributed by atoms with Crippen LogP contribution in [0.5, 0.6) is 11.5 Å². The van der Waals surface area contributed by atoms with Crippen LogP contribution in [0.3, 0.4) is 0 Å². The number of hydrogen-bond donors (Lipinski definition) is 0. The first-order chi connectivity index (χ1) is 9.51. The van der Waals surface area contributed by atoms with Crippen molar-refractivity contribution in [2.45, 2.75) is 5.33 Å². The maximum absolute atomic E-state index is 10.8. The van der Waals surface area contributed by atoms with Crippen molar-refractivity contribution >= 4 is 49.1 Å². The minimum Gasteiger partial charge on any atom is -0.454 e. The molecule has 0 saturated heterocycles. The first kappa shape index (κ1) is 15.3.